The summed E-state index contributed by atoms with van der Waals surface area (Å²) in [4.78, 5) is 30.6. The molecule has 0 radical (unpaired) electrons. The van der Waals surface area contributed by atoms with Crippen LogP contribution in [0.4, 0.5) is 5.69 Å². The van der Waals surface area contributed by atoms with Crippen molar-refractivity contribution >= 4 is 55.7 Å². The number of carbonyl (C=O) groups excluding carboxylic acids is 2. The minimum absolute atomic E-state index is 0.0792. The van der Waals surface area contributed by atoms with E-state index in [4.69, 9.17) is 0 Å². The third kappa shape index (κ3) is 5.40. The number of hydrogen-bond donors (Lipinski definition) is 6. The van der Waals surface area contributed by atoms with Crippen LogP contribution in [0, 0.1) is 13.8 Å². The highest BCUT2D eigenvalue weighted by atomic mass is 79.9. The van der Waals surface area contributed by atoms with Gasteiger partial charge in [-0.1, -0.05) is 15.9 Å². The van der Waals surface area contributed by atoms with E-state index >= 15 is 0 Å². The van der Waals surface area contributed by atoms with E-state index in [0.29, 0.717) is 53.7 Å². The maximum Gasteiger partial charge on any atom is 0.256 e. The maximum absolute atomic E-state index is 12.9. The molecule has 2 aliphatic rings. The largest absolute Gasteiger partial charge is 0.390 e. The highest BCUT2D eigenvalue weighted by Gasteiger charge is 2.27. The molecule has 1 aromatic heterocycles. The molecule has 34 heavy (non-hydrogen) atoms. The molecule has 3 heterocycles. The first kappa shape index (κ1) is 25.0. The van der Waals surface area contributed by atoms with Crippen LogP contribution in [0.1, 0.15) is 32.9 Å². The summed E-state index contributed by atoms with van der Waals surface area (Å²) < 4.78 is 20.3. The third-order valence-electron chi connectivity index (χ3n) is 6.19. The number of carbonyl (C=O) groups is 2. The predicted octanol–water partition coefficient (Wildman–Crippen LogP) is 3.04. The molecule has 2 aromatic rings. The fourth-order valence-electron chi connectivity index (χ4n) is 4.32. The lowest BCUT2D eigenvalue weighted by Crippen LogP contribution is -2.45. The second kappa shape index (κ2) is 9.84. The highest BCUT2D eigenvalue weighted by molar-refractivity contribution is 9.10. The number of aromatic nitrogens is 1. The van der Waals surface area contributed by atoms with Crippen LogP contribution in [0.5, 0.6) is 0 Å². The van der Waals surface area contributed by atoms with Crippen molar-refractivity contribution in [2.45, 2.75) is 20.0 Å². The van der Waals surface area contributed by atoms with Gasteiger partial charge in [0.05, 0.1) is 28.7 Å². The number of H-pyrrole nitrogens is 1. The Hall–Kier alpha value is -2.15. The summed E-state index contributed by atoms with van der Waals surface area (Å²) in [5, 5.41) is 16.0. The van der Waals surface area contributed by atoms with Crippen molar-refractivity contribution in [3.63, 3.8) is 0 Å². The summed E-state index contributed by atoms with van der Waals surface area (Å²) in [6.45, 7) is 5.06. The molecule has 1 unspecified atom stereocenters. The number of aliphatic hydroxyl groups is 1. The Bertz CT molecular complexity index is 1150. The molecule has 0 spiro atoms. The Morgan fingerprint density at radius 1 is 1.29 bits per heavy atom. The first-order valence-corrected chi connectivity index (χ1v) is 13.7. The number of anilines is 1. The van der Waals surface area contributed by atoms with Crippen molar-refractivity contribution in [2.75, 3.05) is 43.0 Å². The second-order valence-corrected chi connectivity index (χ2v) is 12.1. The maximum atomic E-state index is 12.9. The molecule has 9 nitrogen and oxygen atoms in total. The average Bonchev–Trinajstić information content (AvgIpc) is 3.23. The molecule has 1 fully saturated rings. The van der Waals surface area contributed by atoms with Gasteiger partial charge in [0.25, 0.3) is 11.8 Å². The summed E-state index contributed by atoms with van der Waals surface area (Å²) in [7, 11) is -2.48. The Labute approximate surface area is 208 Å². The summed E-state index contributed by atoms with van der Waals surface area (Å²) in [5.41, 5.74) is 4.60. The van der Waals surface area contributed by atoms with Crippen molar-refractivity contribution in [3.8, 4) is 0 Å². The predicted molar refractivity (Wildman–Crippen MR) is 138 cm³/mol. The molecule has 2 amide bonds. The Balaban J connectivity index is 1.43. The van der Waals surface area contributed by atoms with Crippen LogP contribution < -0.4 is 10.6 Å². The Morgan fingerprint density at radius 3 is 2.71 bits per heavy atom. The van der Waals surface area contributed by atoms with Crippen LogP contribution in [-0.4, -0.2) is 79.7 Å². The standard InChI is InChI=1S/C23H29BrN4O5S/c1-13-20(10-18-17-9-15(24)3-4-19(17)27-22(18)30)26-14(2)21(13)23(31)25-11-16(29)12-28-5-7-34(32,33)8-6-28/h3-4,9-10,16,26,29,32-33H,5-8,11-12H2,1-2H3,(H,25,31)(H,27,30). The number of benzene rings is 1. The number of halogens is 1. The summed E-state index contributed by atoms with van der Waals surface area (Å²) in [5.74, 6) is 0.117. The van der Waals surface area contributed by atoms with Crippen molar-refractivity contribution in [2.24, 2.45) is 0 Å². The zero-order chi connectivity index (χ0) is 24.6. The van der Waals surface area contributed by atoms with Crippen molar-refractivity contribution < 1.29 is 23.8 Å². The van der Waals surface area contributed by atoms with E-state index in [-0.39, 0.29) is 18.4 Å². The fourth-order valence-corrected chi connectivity index (χ4v) is 5.98. The second-order valence-electron chi connectivity index (χ2n) is 8.74. The first-order chi connectivity index (χ1) is 16.0. The van der Waals surface area contributed by atoms with Crippen LogP contribution in [0.25, 0.3) is 11.6 Å². The smallest absolute Gasteiger partial charge is 0.256 e. The van der Waals surface area contributed by atoms with Crippen LogP contribution in [-0.2, 0) is 4.79 Å². The highest BCUT2D eigenvalue weighted by Crippen LogP contribution is 2.40. The lowest BCUT2D eigenvalue weighted by Gasteiger charge is -2.41. The van der Waals surface area contributed by atoms with E-state index < -0.39 is 16.7 Å². The van der Waals surface area contributed by atoms with Gasteiger partial charge in [-0.2, -0.15) is 10.6 Å². The molecule has 0 bridgehead atoms. The van der Waals surface area contributed by atoms with Crippen LogP contribution in [0.3, 0.4) is 0 Å². The van der Waals surface area contributed by atoms with E-state index in [9.17, 15) is 23.8 Å². The van der Waals surface area contributed by atoms with E-state index in [2.05, 4.69) is 31.5 Å². The van der Waals surface area contributed by atoms with Crippen LogP contribution in [0.2, 0.25) is 0 Å². The molecule has 184 valence electrons. The number of hydrogen-bond acceptors (Lipinski definition) is 6. The molecule has 1 atom stereocenters. The van der Waals surface area contributed by atoms with Gasteiger partial charge in [0.1, 0.15) is 0 Å². The third-order valence-corrected chi connectivity index (χ3v) is 8.36. The first-order valence-electron chi connectivity index (χ1n) is 11.0. The van der Waals surface area contributed by atoms with Crippen molar-refractivity contribution in [3.05, 3.63) is 50.8 Å². The van der Waals surface area contributed by atoms with Gasteiger partial charge < -0.3 is 20.7 Å². The topological polar surface area (TPSA) is 138 Å². The van der Waals surface area contributed by atoms with Gasteiger partial charge in [-0.3, -0.25) is 23.6 Å². The van der Waals surface area contributed by atoms with Gasteiger partial charge in [0.2, 0.25) is 0 Å². The minimum atomic E-state index is -2.48. The molecule has 1 saturated heterocycles. The number of amides is 2. The van der Waals surface area contributed by atoms with Gasteiger partial charge in [-0.15, -0.1) is 0 Å². The molecular weight excluding hydrogens is 524 g/mol. The summed E-state index contributed by atoms with van der Waals surface area (Å²) in [6, 6.07) is 5.58. The van der Waals surface area contributed by atoms with Gasteiger partial charge in [0.15, 0.2) is 0 Å². The molecule has 11 heteroatoms. The quantitative estimate of drug-likeness (QED) is 0.304. The van der Waals surface area contributed by atoms with Crippen LogP contribution in [0.15, 0.2) is 22.7 Å². The van der Waals surface area contributed by atoms with Gasteiger partial charge in [-0.05, 0) is 43.7 Å². The minimum Gasteiger partial charge on any atom is -0.390 e. The van der Waals surface area contributed by atoms with E-state index in [1.807, 2.05) is 30.0 Å². The van der Waals surface area contributed by atoms with Gasteiger partial charge >= 0.3 is 0 Å². The van der Waals surface area contributed by atoms with E-state index in [1.165, 1.54) is 0 Å². The number of fused-ring (bicyclic) bond motifs is 1. The summed E-state index contributed by atoms with van der Waals surface area (Å²) >= 11 is 3.44. The van der Waals surface area contributed by atoms with Crippen molar-refractivity contribution in [1.82, 2.24) is 15.2 Å². The molecule has 4 rings (SSSR count). The number of aryl methyl sites for hydroxylation is 1. The van der Waals surface area contributed by atoms with E-state index in [1.54, 1.807) is 13.0 Å². The fraction of sp³-hybridized carbons (Fsp3) is 0.391. The number of β-amino-alcohol motifs (C(OH)–C–C–N with tert-alkyl or cyclic N) is 1. The van der Waals surface area contributed by atoms with Crippen LogP contribution >= 0.6 is 26.5 Å². The van der Waals surface area contributed by atoms with Gasteiger partial charge in [0, 0.05) is 53.3 Å². The Kier molecular flexibility index (Phi) is 7.22. The number of rotatable bonds is 6. The molecular formula is C23H29BrN4O5S. The molecule has 0 saturated carbocycles. The van der Waals surface area contributed by atoms with E-state index in [0.717, 1.165) is 21.3 Å². The monoisotopic (exact) mass is 552 g/mol. The molecule has 2 aliphatic heterocycles. The number of nitrogens with zero attached hydrogens (tertiary/aromatic N) is 1. The SMILES string of the molecule is Cc1[nH]c(C=C2C(=O)Nc3ccc(Br)cc32)c(C)c1C(=O)NCC(O)CN1CCS(O)(O)CC1. The number of aromatic amines is 1. The zero-order valence-electron chi connectivity index (χ0n) is 19.0. The average molecular weight is 553 g/mol. The van der Waals surface area contributed by atoms with Crippen molar-refractivity contribution in [1.29, 1.82) is 0 Å². The zero-order valence-corrected chi connectivity index (χ0v) is 21.4. The number of aliphatic hydroxyl groups excluding tert-OH is 1. The normalized spacial score (nSPS) is 20.6. The molecule has 6 N–H and O–H groups in total. The molecule has 1 aromatic carbocycles. The Morgan fingerprint density at radius 2 is 2.00 bits per heavy atom. The number of nitrogens with one attached hydrogen (secondary N) is 3. The van der Waals surface area contributed by atoms with Gasteiger partial charge in [-0.25, -0.2) is 0 Å². The summed E-state index contributed by atoms with van der Waals surface area (Å²) in [6.07, 6.45) is 0.976. The lowest BCUT2D eigenvalue weighted by atomic mass is 10.0. The lowest BCUT2D eigenvalue weighted by molar-refractivity contribution is -0.110. The molecule has 0 aliphatic carbocycles.